The van der Waals surface area contributed by atoms with Crippen LogP contribution in [-0.2, 0) is 6.54 Å². The van der Waals surface area contributed by atoms with Crippen LogP contribution in [0.25, 0.3) is 22.6 Å². The van der Waals surface area contributed by atoms with Crippen LogP contribution in [0.5, 0.6) is 0 Å². The lowest BCUT2D eigenvalue weighted by molar-refractivity contribution is 0.843. The van der Waals surface area contributed by atoms with Gasteiger partial charge in [0.15, 0.2) is 0 Å². The zero-order valence-corrected chi connectivity index (χ0v) is 11.6. The summed E-state index contributed by atoms with van der Waals surface area (Å²) in [4.78, 5) is 8.85. The van der Waals surface area contributed by atoms with E-state index >= 15 is 0 Å². The number of hydrogen-bond acceptors (Lipinski definition) is 3. The SMILES string of the molecule is C=CCn1c(-c2ccccc2)nc(-c2cccnc2)c1N. The van der Waals surface area contributed by atoms with E-state index in [-0.39, 0.29) is 0 Å². The van der Waals surface area contributed by atoms with E-state index < -0.39 is 0 Å². The summed E-state index contributed by atoms with van der Waals surface area (Å²) in [5.74, 6) is 1.47. The number of imidazole rings is 1. The number of hydrogen-bond donors (Lipinski definition) is 1. The lowest BCUT2D eigenvalue weighted by Gasteiger charge is -2.06. The Kier molecular flexibility index (Phi) is 3.51. The first-order valence-corrected chi connectivity index (χ1v) is 6.74. The first-order valence-electron chi connectivity index (χ1n) is 6.74. The predicted molar refractivity (Wildman–Crippen MR) is 85.5 cm³/mol. The second-order valence-electron chi connectivity index (χ2n) is 4.68. The van der Waals surface area contributed by atoms with Gasteiger partial charge >= 0.3 is 0 Å². The number of aromatic nitrogens is 3. The number of nitrogen functional groups attached to an aromatic ring is 1. The third-order valence-electron chi connectivity index (χ3n) is 3.29. The summed E-state index contributed by atoms with van der Waals surface area (Å²) in [5.41, 5.74) is 8.98. The third kappa shape index (κ3) is 2.43. The Morgan fingerprint density at radius 3 is 2.52 bits per heavy atom. The molecule has 0 fully saturated rings. The maximum atomic E-state index is 6.28. The zero-order chi connectivity index (χ0) is 14.7. The van der Waals surface area contributed by atoms with Gasteiger partial charge in [-0.25, -0.2) is 4.98 Å². The molecule has 0 aliphatic carbocycles. The Balaban J connectivity index is 2.19. The fourth-order valence-corrected chi connectivity index (χ4v) is 2.30. The van der Waals surface area contributed by atoms with Crippen molar-refractivity contribution in [2.75, 3.05) is 5.73 Å². The highest BCUT2D eigenvalue weighted by molar-refractivity contribution is 5.75. The van der Waals surface area contributed by atoms with E-state index in [2.05, 4.69) is 11.6 Å². The fraction of sp³-hybridized carbons (Fsp3) is 0.0588. The standard InChI is InChI=1S/C17H16N4/c1-2-11-21-16(18)15(14-9-6-10-19-12-14)20-17(21)13-7-4-3-5-8-13/h2-10,12H,1,11,18H2. The second-order valence-corrected chi connectivity index (χ2v) is 4.68. The Morgan fingerprint density at radius 1 is 1.10 bits per heavy atom. The topological polar surface area (TPSA) is 56.7 Å². The number of nitrogens with zero attached hydrogens (tertiary/aromatic N) is 3. The van der Waals surface area contributed by atoms with Gasteiger partial charge in [0.05, 0.1) is 0 Å². The highest BCUT2D eigenvalue weighted by Gasteiger charge is 2.16. The van der Waals surface area contributed by atoms with Crippen LogP contribution in [0, 0.1) is 0 Å². The molecule has 0 amide bonds. The molecular formula is C17H16N4. The smallest absolute Gasteiger partial charge is 0.142 e. The molecule has 0 unspecified atom stereocenters. The van der Waals surface area contributed by atoms with Gasteiger partial charge in [0.2, 0.25) is 0 Å². The van der Waals surface area contributed by atoms with E-state index in [9.17, 15) is 0 Å². The molecule has 21 heavy (non-hydrogen) atoms. The molecule has 0 saturated heterocycles. The third-order valence-corrected chi connectivity index (χ3v) is 3.29. The Labute approximate surface area is 123 Å². The number of pyridine rings is 1. The van der Waals surface area contributed by atoms with Crippen molar-refractivity contribution in [3.8, 4) is 22.6 Å². The molecule has 2 heterocycles. The first kappa shape index (κ1) is 13.1. The van der Waals surface area contributed by atoms with E-state index in [1.807, 2.05) is 53.1 Å². The normalized spacial score (nSPS) is 10.5. The molecule has 0 atom stereocenters. The molecule has 0 bridgehead atoms. The minimum atomic E-state index is 0.614. The van der Waals surface area contributed by atoms with Gasteiger partial charge in [-0.2, -0.15) is 0 Å². The van der Waals surface area contributed by atoms with E-state index in [1.165, 1.54) is 0 Å². The van der Waals surface area contributed by atoms with Gasteiger partial charge in [-0.05, 0) is 12.1 Å². The van der Waals surface area contributed by atoms with Crippen molar-refractivity contribution in [3.05, 3.63) is 67.5 Å². The van der Waals surface area contributed by atoms with E-state index in [4.69, 9.17) is 10.7 Å². The van der Waals surface area contributed by atoms with Gasteiger partial charge < -0.3 is 10.3 Å². The van der Waals surface area contributed by atoms with Crippen LogP contribution in [0.3, 0.4) is 0 Å². The summed E-state index contributed by atoms with van der Waals surface area (Å²) < 4.78 is 1.96. The molecule has 0 aliphatic heterocycles. The van der Waals surface area contributed by atoms with Crippen LogP contribution in [-0.4, -0.2) is 14.5 Å². The lowest BCUT2D eigenvalue weighted by atomic mass is 10.2. The maximum Gasteiger partial charge on any atom is 0.142 e. The monoisotopic (exact) mass is 276 g/mol. The van der Waals surface area contributed by atoms with Crippen molar-refractivity contribution in [1.82, 2.24) is 14.5 Å². The molecule has 0 radical (unpaired) electrons. The van der Waals surface area contributed by atoms with Crippen LogP contribution in [0.2, 0.25) is 0 Å². The molecule has 3 rings (SSSR count). The van der Waals surface area contributed by atoms with Crippen molar-refractivity contribution in [2.45, 2.75) is 6.54 Å². The number of rotatable bonds is 4. The Morgan fingerprint density at radius 2 is 1.86 bits per heavy atom. The second kappa shape index (κ2) is 5.63. The average Bonchev–Trinajstić information content (AvgIpc) is 2.87. The molecule has 2 N–H and O–H groups in total. The van der Waals surface area contributed by atoms with Crippen LogP contribution in [0.1, 0.15) is 0 Å². The molecule has 1 aromatic carbocycles. The molecule has 104 valence electrons. The molecule has 4 nitrogen and oxygen atoms in total. The minimum Gasteiger partial charge on any atom is -0.383 e. The number of benzene rings is 1. The molecule has 0 saturated carbocycles. The molecule has 4 heteroatoms. The summed E-state index contributed by atoms with van der Waals surface area (Å²) in [7, 11) is 0. The predicted octanol–water partition coefficient (Wildman–Crippen LogP) is 3.38. The summed E-state index contributed by atoms with van der Waals surface area (Å²) >= 11 is 0. The molecule has 0 spiro atoms. The highest BCUT2D eigenvalue weighted by atomic mass is 15.1. The largest absolute Gasteiger partial charge is 0.383 e. The van der Waals surface area contributed by atoms with Crippen LogP contribution < -0.4 is 5.73 Å². The lowest BCUT2D eigenvalue weighted by Crippen LogP contribution is -2.03. The first-order chi connectivity index (χ1) is 10.3. The van der Waals surface area contributed by atoms with Gasteiger partial charge in [-0.15, -0.1) is 6.58 Å². The zero-order valence-electron chi connectivity index (χ0n) is 11.6. The van der Waals surface area contributed by atoms with Gasteiger partial charge in [-0.1, -0.05) is 36.4 Å². The van der Waals surface area contributed by atoms with E-state index in [1.54, 1.807) is 12.4 Å². The van der Waals surface area contributed by atoms with Crippen molar-refractivity contribution < 1.29 is 0 Å². The van der Waals surface area contributed by atoms with Crippen molar-refractivity contribution in [3.63, 3.8) is 0 Å². The summed E-state index contributed by atoms with van der Waals surface area (Å²) in [6.45, 7) is 4.41. The summed E-state index contributed by atoms with van der Waals surface area (Å²) in [6.07, 6.45) is 5.32. The van der Waals surface area contributed by atoms with Crippen LogP contribution in [0.4, 0.5) is 5.82 Å². The van der Waals surface area contributed by atoms with Crippen molar-refractivity contribution >= 4 is 5.82 Å². The maximum absolute atomic E-state index is 6.28. The summed E-state index contributed by atoms with van der Waals surface area (Å²) in [6, 6.07) is 13.8. The molecule has 0 aliphatic rings. The number of allylic oxidation sites excluding steroid dienone is 1. The average molecular weight is 276 g/mol. The molecule has 3 aromatic rings. The number of nitrogens with two attached hydrogens (primary N) is 1. The molecular weight excluding hydrogens is 260 g/mol. The van der Waals surface area contributed by atoms with Crippen molar-refractivity contribution in [1.29, 1.82) is 0 Å². The summed E-state index contributed by atoms with van der Waals surface area (Å²) in [5, 5.41) is 0. The Hall–Kier alpha value is -2.88. The van der Waals surface area contributed by atoms with E-state index in [0.29, 0.717) is 12.4 Å². The minimum absolute atomic E-state index is 0.614. The Bertz CT molecular complexity index is 745. The quantitative estimate of drug-likeness (QED) is 0.743. The molecule has 2 aromatic heterocycles. The van der Waals surface area contributed by atoms with Gasteiger partial charge in [0, 0.05) is 30.1 Å². The fourth-order valence-electron chi connectivity index (χ4n) is 2.30. The number of anilines is 1. The van der Waals surface area contributed by atoms with Crippen molar-refractivity contribution in [2.24, 2.45) is 0 Å². The van der Waals surface area contributed by atoms with E-state index in [0.717, 1.165) is 22.6 Å². The highest BCUT2D eigenvalue weighted by Crippen LogP contribution is 2.30. The van der Waals surface area contributed by atoms with Crippen LogP contribution >= 0.6 is 0 Å². The van der Waals surface area contributed by atoms with Crippen LogP contribution in [0.15, 0.2) is 67.5 Å². The van der Waals surface area contributed by atoms with Gasteiger partial charge in [-0.3, -0.25) is 4.98 Å². The van der Waals surface area contributed by atoms with Gasteiger partial charge in [0.25, 0.3) is 0 Å². The van der Waals surface area contributed by atoms with Gasteiger partial charge in [0.1, 0.15) is 17.3 Å².